The number of methoxy groups -OCH3 is 2. The number of pyridine rings is 1. The number of rotatable bonds is 2. The van der Waals surface area contributed by atoms with Gasteiger partial charge in [-0.3, -0.25) is 20.0 Å². The summed E-state index contributed by atoms with van der Waals surface area (Å²) in [6.07, 6.45) is 1.53. The van der Waals surface area contributed by atoms with E-state index in [0.29, 0.717) is 27.9 Å². The molecule has 1 aromatic carbocycles. The van der Waals surface area contributed by atoms with Gasteiger partial charge in [0.25, 0.3) is 5.56 Å². The van der Waals surface area contributed by atoms with Gasteiger partial charge in [0, 0.05) is 17.6 Å². The second-order valence-corrected chi connectivity index (χ2v) is 3.85. The van der Waals surface area contributed by atoms with Gasteiger partial charge in [0.2, 0.25) is 0 Å². The molecule has 0 radical (unpaired) electrons. The molecule has 0 atom stereocenters. The van der Waals surface area contributed by atoms with Gasteiger partial charge in [-0.25, -0.2) is 0 Å². The summed E-state index contributed by atoms with van der Waals surface area (Å²) in [5.41, 5.74) is 1.18. The minimum Gasteiger partial charge on any atom is -0.497 e. The van der Waals surface area contributed by atoms with Crippen LogP contribution in [0.2, 0.25) is 0 Å². The van der Waals surface area contributed by atoms with Crippen LogP contribution < -0.4 is 15.0 Å². The van der Waals surface area contributed by atoms with Crippen LogP contribution in [0.25, 0.3) is 21.8 Å². The Labute approximate surface area is 102 Å². The highest BCUT2D eigenvalue weighted by molar-refractivity contribution is 6.05. The van der Waals surface area contributed by atoms with E-state index in [1.807, 2.05) is 6.07 Å². The molecule has 92 valence electrons. The Morgan fingerprint density at radius 3 is 2.67 bits per heavy atom. The fourth-order valence-corrected chi connectivity index (χ4v) is 2.01. The number of hydrogen-bond donors (Lipinski definition) is 2. The van der Waals surface area contributed by atoms with E-state index in [-0.39, 0.29) is 5.56 Å². The summed E-state index contributed by atoms with van der Waals surface area (Å²) in [6, 6.07) is 3.57. The summed E-state index contributed by atoms with van der Waals surface area (Å²) in [5, 5.41) is 6.68. The Hall–Kier alpha value is -2.50. The van der Waals surface area contributed by atoms with E-state index in [2.05, 4.69) is 15.2 Å². The van der Waals surface area contributed by atoms with E-state index in [4.69, 9.17) is 9.47 Å². The molecule has 0 fully saturated rings. The van der Waals surface area contributed by atoms with Crippen molar-refractivity contribution >= 4 is 21.8 Å². The average molecular weight is 245 g/mol. The lowest BCUT2D eigenvalue weighted by molar-refractivity contribution is 0.397. The van der Waals surface area contributed by atoms with Crippen molar-refractivity contribution in [2.24, 2.45) is 0 Å². The van der Waals surface area contributed by atoms with Crippen molar-refractivity contribution in [3.63, 3.8) is 0 Å². The molecule has 6 heteroatoms. The van der Waals surface area contributed by atoms with Crippen LogP contribution in [-0.4, -0.2) is 29.4 Å². The molecule has 2 N–H and O–H groups in total. The van der Waals surface area contributed by atoms with Gasteiger partial charge < -0.3 is 9.47 Å². The normalized spacial score (nSPS) is 11.0. The standard InChI is InChI=1S/C12H11N3O3/c1-17-6-3-7-10-8(12(16)15-14-10)5-13-11(7)9(4-6)18-2/h3-5H,1-2H3,(H2,14,15,16). The summed E-state index contributed by atoms with van der Waals surface area (Å²) in [4.78, 5) is 15.8. The Balaban J connectivity index is 2.52. The Kier molecular flexibility index (Phi) is 2.22. The van der Waals surface area contributed by atoms with Crippen LogP contribution in [0.4, 0.5) is 0 Å². The Morgan fingerprint density at radius 1 is 1.11 bits per heavy atom. The van der Waals surface area contributed by atoms with Crippen LogP contribution in [0.3, 0.4) is 0 Å². The van der Waals surface area contributed by atoms with Crippen LogP contribution in [0.1, 0.15) is 0 Å². The van der Waals surface area contributed by atoms with Gasteiger partial charge in [-0.2, -0.15) is 0 Å². The number of nitrogens with zero attached hydrogens (tertiary/aromatic N) is 1. The maximum absolute atomic E-state index is 11.5. The van der Waals surface area contributed by atoms with Crippen LogP contribution in [0.15, 0.2) is 23.1 Å². The number of benzene rings is 1. The van der Waals surface area contributed by atoms with Crippen LogP contribution >= 0.6 is 0 Å². The first-order valence-electron chi connectivity index (χ1n) is 5.35. The third-order valence-electron chi connectivity index (χ3n) is 2.91. The number of fused-ring (bicyclic) bond motifs is 3. The summed E-state index contributed by atoms with van der Waals surface area (Å²) < 4.78 is 10.5. The van der Waals surface area contributed by atoms with Crippen molar-refractivity contribution in [3.05, 3.63) is 28.7 Å². The topological polar surface area (TPSA) is 80.0 Å². The van der Waals surface area contributed by atoms with Crippen molar-refractivity contribution < 1.29 is 9.47 Å². The zero-order valence-corrected chi connectivity index (χ0v) is 9.90. The maximum Gasteiger partial charge on any atom is 0.273 e. The average Bonchev–Trinajstić information content (AvgIpc) is 2.79. The number of aromatic amines is 2. The molecule has 0 unspecified atom stereocenters. The SMILES string of the molecule is COc1cc(OC)c2ncc3c(=O)[nH][nH]c3c2c1. The van der Waals surface area contributed by atoms with Gasteiger partial charge in [-0.1, -0.05) is 0 Å². The molecule has 0 saturated heterocycles. The smallest absolute Gasteiger partial charge is 0.273 e. The van der Waals surface area contributed by atoms with E-state index in [1.54, 1.807) is 20.3 Å². The predicted molar refractivity (Wildman–Crippen MR) is 67.3 cm³/mol. The molecular weight excluding hydrogens is 234 g/mol. The lowest BCUT2D eigenvalue weighted by atomic mass is 10.1. The second-order valence-electron chi connectivity index (χ2n) is 3.85. The summed E-state index contributed by atoms with van der Waals surface area (Å²) in [6.45, 7) is 0. The molecule has 0 spiro atoms. The minimum absolute atomic E-state index is 0.193. The van der Waals surface area contributed by atoms with E-state index >= 15 is 0 Å². The molecule has 0 aliphatic heterocycles. The van der Waals surface area contributed by atoms with Crippen LogP contribution in [0.5, 0.6) is 11.5 Å². The van der Waals surface area contributed by atoms with Crippen molar-refractivity contribution in [1.82, 2.24) is 15.2 Å². The fraction of sp³-hybridized carbons (Fsp3) is 0.167. The molecule has 3 aromatic rings. The van der Waals surface area contributed by atoms with Crippen molar-refractivity contribution in [1.29, 1.82) is 0 Å². The van der Waals surface area contributed by atoms with Gasteiger partial charge in [0.1, 0.15) is 17.0 Å². The summed E-state index contributed by atoms with van der Waals surface area (Å²) in [5.74, 6) is 1.25. The molecule has 0 aliphatic rings. The van der Waals surface area contributed by atoms with Gasteiger partial charge >= 0.3 is 0 Å². The molecule has 0 aliphatic carbocycles. The van der Waals surface area contributed by atoms with Gasteiger partial charge in [0.05, 0.1) is 25.1 Å². The third-order valence-corrected chi connectivity index (χ3v) is 2.91. The number of aromatic nitrogens is 3. The quantitative estimate of drug-likeness (QED) is 0.715. The van der Waals surface area contributed by atoms with Crippen molar-refractivity contribution in [2.45, 2.75) is 0 Å². The van der Waals surface area contributed by atoms with Crippen LogP contribution in [-0.2, 0) is 0 Å². The summed E-state index contributed by atoms with van der Waals surface area (Å²) >= 11 is 0. The molecular formula is C12H11N3O3. The van der Waals surface area contributed by atoms with Gasteiger partial charge in [0.15, 0.2) is 0 Å². The number of ether oxygens (including phenoxy) is 2. The molecule has 0 saturated carbocycles. The molecule has 2 heterocycles. The first-order valence-corrected chi connectivity index (χ1v) is 5.35. The molecule has 2 aromatic heterocycles. The number of H-pyrrole nitrogens is 2. The lowest BCUT2D eigenvalue weighted by Crippen LogP contribution is -1.98. The van der Waals surface area contributed by atoms with Crippen molar-refractivity contribution in [3.8, 4) is 11.5 Å². The maximum atomic E-state index is 11.5. The van der Waals surface area contributed by atoms with Gasteiger partial charge in [-0.15, -0.1) is 0 Å². The highest BCUT2D eigenvalue weighted by Crippen LogP contribution is 2.32. The molecule has 6 nitrogen and oxygen atoms in total. The molecule has 0 amide bonds. The summed E-state index contributed by atoms with van der Waals surface area (Å²) in [7, 11) is 3.15. The van der Waals surface area contributed by atoms with E-state index < -0.39 is 0 Å². The Bertz CT molecular complexity index is 788. The highest BCUT2D eigenvalue weighted by Gasteiger charge is 2.12. The van der Waals surface area contributed by atoms with E-state index in [9.17, 15) is 4.79 Å². The van der Waals surface area contributed by atoms with Crippen LogP contribution in [0, 0.1) is 0 Å². The molecule has 3 rings (SSSR count). The zero-order valence-electron chi connectivity index (χ0n) is 9.90. The largest absolute Gasteiger partial charge is 0.497 e. The first-order chi connectivity index (χ1) is 8.74. The van der Waals surface area contributed by atoms with Crippen molar-refractivity contribution in [2.75, 3.05) is 14.2 Å². The predicted octanol–water partition coefficient (Wildman–Crippen LogP) is 1.42. The molecule has 18 heavy (non-hydrogen) atoms. The van der Waals surface area contributed by atoms with E-state index in [1.165, 1.54) is 6.20 Å². The minimum atomic E-state index is -0.193. The lowest BCUT2D eigenvalue weighted by Gasteiger charge is -2.08. The number of nitrogens with one attached hydrogen (secondary N) is 2. The Morgan fingerprint density at radius 2 is 1.94 bits per heavy atom. The van der Waals surface area contributed by atoms with Gasteiger partial charge in [-0.05, 0) is 6.07 Å². The number of hydrogen-bond acceptors (Lipinski definition) is 4. The molecule has 0 bridgehead atoms. The first kappa shape index (κ1) is 10.6. The zero-order chi connectivity index (χ0) is 12.7. The fourth-order valence-electron chi connectivity index (χ4n) is 2.01. The third kappa shape index (κ3) is 1.35. The monoisotopic (exact) mass is 245 g/mol. The van der Waals surface area contributed by atoms with E-state index in [0.717, 1.165) is 5.39 Å². The second kappa shape index (κ2) is 3.76. The highest BCUT2D eigenvalue weighted by atomic mass is 16.5.